The standard InChI is InChI=1S/C11H14Cl2N2O2S2/c1-19(16,17)11-7-18-5-4-15(11)6-9-8(12)2-3-10(13)14-9/h2-3,11H,4-7H2,1H3. The molecule has 0 radical (unpaired) electrons. The Morgan fingerprint density at radius 1 is 1.47 bits per heavy atom. The summed E-state index contributed by atoms with van der Waals surface area (Å²) in [7, 11) is -3.12. The van der Waals surface area contributed by atoms with Crippen LogP contribution in [0.5, 0.6) is 0 Å². The average molecular weight is 341 g/mol. The fourth-order valence-corrected chi connectivity index (χ4v) is 5.22. The van der Waals surface area contributed by atoms with Gasteiger partial charge in [0.05, 0.1) is 10.7 Å². The summed E-state index contributed by atoms with van der Waals surface area (Å²) in [6.07, 6.45) is 1.27. The van der Waals surface area contributed by atoms with Crippen molar-refractivity contribution in [2.24, 2.45) is 0 Å². The van der Waals surface area contributed by atoms with Crippen molar-refractivity contribution in [1.29, 1.82) is 0 Å². The largest absolute Gasteiger partial charge is 0.280 e. The quantitative estimate of drug-likeness (QED) is 0.790. The van der Waals surface area contributed by atoms with E-state index in [0.29, 0.717) is 34.7 Å². The summed E-state index contributed by atoms with van der Waals surface area (Å²) in [6, 6.07) is 3.30. The van der Waals surface area contributed by atoms with Gasteiger partial charge in [-0.2, -0.15) is 11.8 Å². The Balaban J connectivity index is 2.22. The van der Waals surface area contributed by atoms with Crippen LogP contribution >= 0.6 is 35.0 Å². The maximum Gasteiger partial charge on any atom is 0.164 e. The molecular weight excluding hydrogens is 327 g/mol. The van der Waals surface area contributed by atoms with Gasteiger partial charge in [-0.25, -0.2) is 13.4 Å². The number of thioether (sulfide) groups is 1. The van der Waals surface area contributed by atoms with Gasteiger partial charge in [-0.1, -0.05) is 23.2 Å². The molecule has 0 aromatic carbocycles. The molecule has 1 saturated heterocycles. The average Bonchev–Trinajstić information content (AvgIpc) is 2.33. The zero-order valence-electron chi connectivity index (χ0n) is 10.3. The van der Waals surface area contributed by atoms with Gasteiger partial charge in [-0.15, -0.1) is 0 Å². The van der Waals surface area contributed by atoms with Gasteiger partial charge in [0.15, 0.2) is 9.84 Å². The number of aromatic nitrogens is 1. The van der Waals surface area contributed by atoms with Crippen LogP contribution in [-0.4, -0.2) is 48.0 Å². The van der Waals surface area contributed by atoms with E-state index in [9.17, 15) is 8.42 Å². The monoisotopic (exact) mass is 340 g/mol. The second kappa shape index (κ2) is 6.18. The van der Waals surface area contributed by atoms with Crippen LogP contribution in [0.3, 0.4) is 0 Å². The zero-order valence-corrected chi connectivity index (χ0v) is 13.5. The number of pyridine rings is 1. The van der Waals surface area contributed by atoms with Crippen molar-refractivity contribution in [2.45, 2.75) is 11.9 Å². The van der Waals surface area contributed by atoms with Gasteiger partial charge < -0.3 is 0 Å². The highest BCUT2D eigenvalue weighted by molar-refractivity contribution is 8.00. The minimum atomic E-state index is -3.12. The van der Waals surface area contributed by atoms with Crippen LogP contribution in [0.4, 0.5) is 0 Å². The fraction of sp³-hybridized carbons (Fsp3) is 0.545. The third kappa shape index (κ3) is 3.98. The third-order valence-corrected chi connectivity index (χ3v) is 6.16. The molecule has 1 aromatic rings. The number of hydrogen-bond acceptors (Lipinski definition) is 5. The van der Waals surface area contributed by atoms with Gasteiger partial charge in [0.1, 0.15) is 10.5 Å². The number of hydrogen-bond donors (Lipinski definition) is 0. The van der Waals surface area contributed by atoms with E-state index in [2.05, 4.69) is 4.98 Å². The number of rotatable bonds is 3. The summed E-state index contributed by atoms with van der Waals surface area (Å²) in [6.45, 7) is 1.10. The maximum atomic E-state index is 11.8. The lowest BCUT2D eigenvalue weighted by atomic mass is 10.3. The van der Waals surface area contributed by atoms with Gasteiger partial charge in [-0.3, -0.25) is 4.90 Å². The number of sulfone groups is 1. The van der Waals surface area contributed by atoms with Crippen LogP contribution in [0, 0.1) is 0 Å². The molecule has 4 nitrogen and oxygen atoms in total. The molecule has 0 N–H and O–H groups in total. The first-order chi connectivity index (χ1) is 8.88. The molecule has 8 heteroatoms. The Hall–Kier alpha value is -0.0100. The summed E-state index contributed by atoms with van der Waals surface area (Å²) in [4.78, 5) is 6.07. The Morgan fingerprint density at radius 2 is 2.21 bits per heavy atom. The Labute approximate surface area is 127 Å². The minimum absolute atomic E-state index is 0.363. The van der Waals surface area contributed by atoms with E-state index in [-0.39, 0.29) is 0 Å². The summed E-state index contributed by atoms with van der Waals surface area (Å²) in [5.41, 5.74) is 0.620. The molecule has 0 amide bonds. The Morgan fingerprint density at radius 3 is 2.89 bits per heavy atom. The minimum Gasteiger partial charge on any atom is -0.280 e. The molecule has 1 aromatic heterocycles. The van der Waals surface area contributed by atoms with Crippen LogP contribution in [0.2, 0.25) is 10.2 Å². The summed E-state index contributed by atoms with van der Waals surface area (Å²) in [5.74, 6) is 1.49. The van der Waals surface area contributed by atoms with Crippen molar-refractivity contribution in [1.82, 2.24) is 9.88 Å². The topological polar surface area (TPSA) is 50.3 Å². The normalized spacial score (nSPS) is 21.5. The van der Waals surface area contributed by atoms with Gasteiger partial charge in [0.25, 0.3) is 0 Å². The molecule has 1 atom stereocenters. The van der Waals surface area contributed by atoms with E-state index < -0.39 is 15.2 Å². The lowest BCUT2D eigenvalue weighted by Crippen LogP contribution is -2.46. The summed E-state index contributed by atoms with van der Waals surface area (Å²) < 4.78 is 23.6. The number of nitrogens with zero attached hydrogens (tertiary/aromatic N) is 2. The molecular formula is C11H14Cl2N2O2S2. The molecule has 19 heavy (non-hydrogen) atoms. The molecule has 1 aliphatic rings. The highest BCUT2D eigenvalue weighted by atomic mass is 35.5. The van der Waals surface area contributed by atoms with Crippen molar-refractivity contribution in [3.8, 4) is 0 Å². The lowest BCUT2D eigenvalue weighted by molar-refractivity contribution is 0.259. The van der Waals surface area contributed by atoms with Crippen molar-refractivity contribution in [3.05, 3.63) is 28.0 Å². The first kappa shape index (κ1) is 15.4. The van der Waals surface area contributed by atoms with Crippen LogP contribution in [0.25, 0.3) is 0 Å². The van der Waals surface area contributed by atoms with E-state index in [1.165, 1.54) is 6.26 Å². The Bertz CT molecular complexity index is 566. The highest BCUT2D eigenvalue weighted by Gasteiger charge is 2.31. The highest BCUT2D eigenvalue weighted by Crippen LogP contribution is 2.25. The second-order valence-corrected chi connectivity index (χ2v) is 8.54. The predicted octanol–water partition coefficient (Wildman–Crippen LogP) is 2.31. The molecule has 1 aliphatic heterocycles. The molecule has 0 bridgehead atoms. The van der Waals surface area contributed by atoms with Gasteiger partial charge in [0, 0.05) is 30.9 Å². The first-order valence-corrected chi connectivity index (χ1v) is 9.56. The summed E-state index contributed by atoms with van der Waals surface area (Å²) in [5, 5.41) is 0.389. The Kier molecular flexibility index (Phi) is 5.00. The number of halogens is 2. The molecule has 2 heterocycles. The van der Waals surface area contributed by atoms with E-state index in [0.717, 1.165) is 5.75 Å². The predicted molar refractivity (Wildman–Crippen MR) is 80.6 cm³/mol. The van der Waals surface area contributed by atoms with E-state index >= 15 is 0 Å². The maximum absolute atomic E-state index is 11.8. The van der Waals surface area contributed by atoms with Gasteiger partial charge >= 0.3 is 0 Å². The molecule has 0 spiro atoms. The second-order valence-electron chi connectivity index (χ2n) is 4.39. The third-order valence-electron chi connectivity index (χ3n) is 2.92. The first-order valence-electron chi connectivity index (χ1n) is 5.69. The van der Waals surface area contributed by atoms with E-state index in [4.69, 9.17) is 23.2 Å². The zero-order chi connectivity index (χ0) is 14.0. The lowest BCUT2D eigenvalue weighted by Gasteiger charge is -2.33. The molecule has 2 rings (SSSR count). The van der Waals surface area contributed by atoms with Crippen LogP contribution in [-0.2, 0) is 16.4 Å². The van der Waals surface area contributed by atoms with Crippen molar-refractivity contribution < 1.29 is 8.42 Å². The van der Waals surface area contributed by atoms with Crippen LogP contribution < -0.4 is 0 Å². The fourth-order valence-electron chi connectivity index (χ4n) is 1.95. The van der Waals surface area contributed by atoms with Crippen LogP contribution in [0.1, 0.15) is 5.69 Å². The molecule has 0 saturated carbocycles. The van der Waals surface area contributed by atoms with Gasteiger partial charge in [-0.05, 0) is 12.1 Å². The SMILES string of the molecule is CS(=O)(=O)C1CSCCN1Cc1nc(Cl)ccc1Cl. The molecule has 0 aliphatic carbocycles. The van der Waals surface area contributed by atoms with E-state index in [1.807, 2.05) is 4.90 Å². The summed E-state index contributed by atoms with van der Waals surface area (Å²) >= 11 is 13.6. The van der Waals surface area contributed by atoms with Crippen molar-refractivity contribution in [2.75, 3.05) is 24.3 Å². The van der Waals surface area contributed by atoms with E-state index in [1.54, 1.807) is 23.9 Å². The smallest absolute Gasteiger partial charge is 0.164 e. The molecule has 1 fully saturated rings. The molecule has 1 unspecified atom stereocenters. The van der Waals surface area contributed by atoms with Crippen LogP contribution in [0.15, 0.2) is 12.1 Å². The van der Waals surface area contributed by atoms with Crippen molar-refractivity contribution in [3.63, 3.8) is 0 Å². The van der Waals surface area contributed by atoms with Gasteiger partial charge in [0.2, 0.25) is 0 Å². The molecule has 106 valence electrons. The van der Waals surface area contributed by atoms with Crippen molar-refractivity contribution >= 4 is 44.8 Å².